The number of nitrogens with zero attached hydrogens (tertiary/aromatic N) is 1. The molecule has 0 saturated heterocycles. The maximum absolute atomic E-state index is 11.0. The maximum Gasteiger partial charge on any atom is 0.340 e. The molecule has 0 amide bonds. The normalized spacial score (nSPS) is 10.4. The molecule has 1 heterocycles. The number of fused-ring (bicyclic) bond motifs is 1. The molecule has 0 spiro atoms. The number of aromatic nitrogens is 1. The lowest BCUT2D eigenvalue weighted by molar-refractivity contribution is 0.0646. The van der Waals surface area contributed by atoms with Crippen LogP contribution in [0.4, 0.5) is 0 Å². The number of benzene rings is 1. The van der Waals surface area contributed by atoms with E-state index < -0.39 is 34.6 Å². The van der Waals surface area contributed by atoms with Gasteiger partial charge in [0.25, 0.3) is 0 Å². The molecule has 0 aliphatic heterocycles. The number of hydrogen-bond donors (Lipinski definition) is 4. The first-order valence-corrected chi connectivity index (χ1v) is 4.74. The van der Waals surface area contributed by atoms with Crippen molar-refractivity contribution in [3.63, 3.8) is 0 Å². The Bertz CT molecular complexity index is 620. The van der Waals surface area contributed by atoms with Gasteiger partial charge in [-0.3, -0.25) is 4.98 Å². The van der Waals surface area contributed by atoms with E-state index in [4.69, 9.17) is 10.2 Å². The molecule has 0 unspecified atom stereocenters. The molecule has 0 fully saturated rings. The maximum atomic E-state index is 11.0. The average Bonchev–Trinajstić information content (AvgIpc) is 2.32. The first-order valence-electron chi connectivity index (χ1n) is 4.74. The summed E-state index contributed by atoms with van der Waals surface area (Å²) < 4.78 is 0. The van der Waals surface area contributed by atoms with Gasteiger partial charge in [-0.15, -0.1) is 0 Å². The van der Waals surface area contributed by atoms with Crippen LogP contribution in [0.25, 0.3) is 10.9 Å². The van der Waals surface area contributed by atoms with Gasteiger partial charge < -0.3 is 20.4 Å². The van der Waals surface area contributed by atoms with Gasteiger partial charge in [0.05, 0.1) is 0 Å². The van der Waals surface area contributed by atoms with Crippen LogP contribution in [0.2, 0.25) is 0 Å². The van der Waals surface area contributed by atoms with Crippen molar-refractivity contribution in [2.24, 2.45) is 0 Å². The Balaban J connectivity index is 3.06. The van der Waals surface area contributed by atoms with Gasteiger partial charge in [0.15, 0.2) is 5.75 Å². The summed E-state index contributed by atoms with van der Waals surface area (Å²) in [5.74, 6) is -4.83. The molecular weight excluding hydrogens is 242 g/mol. The average molecular weight is 249 g/mol. The minimum atomic E-state index is -1.66. The van der Waals surface area contributed by atoms with Gasteiger partial charge >= 0.3 is 11.9 Å². The van der Waals surface area contributed by atoms with Crippen LogP contribution >= 0.6 is 0 Å². The van der Waals surface area contributed by atoms with Crippen molar-refractivity contribution < 1.29 is 30.0 Å². The molecule has 0 saturated carbocycles. The van der Waals surface area contributed by atoms with E-state index in [1.54, 1.807) is 0 Å². The zero-order valence-electron chi connectivity index (χ0n) is 8.78. The van der Waals surface area contributed by atoms with Crippen LogP contribution in [-0.4, -0.2) is 37.3 Å². The predicted octanol–water partition coefficient (Wildman–Crippen LogP) is 1.04. The quantitative estimate of drug-likeness (QED) is 0.585. The number of carboxylic acids is 2. The van der Waals surface area contributed by atoms with Crippen molar-refractivity contribution >= 4 is 22.8 Å². The zero-order valence-corrected chi connectivity index (χ0v) is 8.78. The molecule has 2 aromatic rings. The molecule has 18 heavy (non-hydrogen) atoms. The molecule has 0 aliphatic rings. The number of phenols is 2. The van der Waals surface area contributed by atoms with Crippen LogP contribution in [-0.2, 0) is 0 Å². The summed E-state index contributed by atoms with van der Waals surface area (Å²) in [5.41, 5.74) is -1.91. The van der Waals surface area contributed by atoms with E-state index in [0.717, 1.165) is 0 Å². The molecule has 1 aromatic carbocycles. The van der Waals surface area contributed by atoms with E-state index in [0.29, 0.717) is 0 Å². The van der Waals surface area contributed by atoms with E-state index in [1.807, 2.05) is 0 Å². The Morgan fingerprint density at radius 1 is 1.00 bits per heavy atom. The Labute approximate surface area is 99.6 Å². The molecule has 7 heteroatoms. The minimum Gasteiger partial charge on any atom is -0.506 e. The van der Waals surface area contributed by atoms with E-state index >= 15 is 0 Å². The Kier molecular flexibility index (Phi) is 2.51. The van der Waals surface area contributed by atoms with Crippen LogP contribution in [0.1, 0.15) is 20.7 Å². The molecule has 7 nitrogen and oxygen atoms in total. The number of rotatable bonds is 2. The Hall–Kier alpha value is -2.83. The minimum absolute atomic E-state index is 0.0302. The fourth-order valence-corrected chi connectivity index (χ4v) is 1.69. The number of hydrogen-bond acceptors (Lipinski definition) is 5. The van der Waals surface area contributed by atoms with Crippen molar-refractivity contribution in [2.75, 3.05) is 0 Å². The third-order valence-electron chi connectivity index (χ3n) is 2.44. The van der Waals surface area contributed by atoms with E-state index in [-0.39, 0.29) is 10.9 Å². The molecule has 1 aromatic heterocycles. The van der Waals surface area contributed by atoms with Crippen molar-refractivity contribution in [1.29, 1.82) is 0 Å². The van der Waals surface area contributed by atoms with Crippen molar-refractivity contribution in [3.05, 3.63) is 29.5 Å². The highest BCUT2D eigenvalue weighted by molar-refractivity contribution is 6.12. The second kappa shape index (κ2) is 3.88. The molecule has 4 N–H and O–H groups in total. The fourth-order valence-electron chi connectivity index (χ4n) is 1.69. The summed E-state index contributed by atoms with van der Waals surface area (Å²) >= 11 is 0. The molecule has 0 atom stereocenters. The summed E-state index contributed by atoms with van der Waals surface area (Å²) in [6, 6.07) is 2.75. The van der Waals surface area contributed by atoms with Gasteiger partial charge in [0, 0.05) is 11.6 Å². The molecule has 0 aliphatic carbocycles. The van der Waals surface area contributed by atoms with Crippen LogP contribution in [0.15, 0.2) is 18.3 Å². The topological polar surface area (TPSA) is 128 Å². The van der Waals surface area contributed by atoms with Crippen LogP contribution in [0.5, 0.6) is 11.5 Å². The largest absolute Gasteiger partial charge is 0.506 e. The number of aromatic carboxylic acids is 2. The summed E-state index contributed by atoms with van der Waals surface area (Å²) in [4.78, 5) is 25.7. The third kappa shape index (κ3) is 1.49. The monoisotopic (exact) mass is 249 g/mol. The zero-order chi connectivity index (χ0) is 13.4. The fraction of sp³-hybridized carbons (Fsp3) is 0. The van der Waals surface area contributed by atoms with Gasteiger partial charge in [-0.25, -0.2) is 9.59 Å². The van der Waals surface area contributed by atoms with Crippen molar-refractivity contribution in [3.8, 4) is 11.5 Å². The van der Waals surface area contributed by atoms with Gasteiger partial charge in [0.1, 0.15) is 22.4 Å². The molecule has 0 bridgehead atoms. The number of aromatic hydroxyl groups is 2. The summed E-state index contributed by atoms with van der Waals surface area (Å²) in [5, 5.41) is 37.3. The number of carboxylic acid groups (broad SMARTS) is 2. The van der Waals surface area contributed by atoms with Gasteiger partial charge in [-0.05, 0) is 12.1 Å². The van der Waals surface area contributed by atoms with E-state index in [1.165, 1.54) is 18.3 Å². The second-order valence-corrected chi connectivity index (χ2v) is 3.46. The molecule has 2 rings (SSSR count). The van der Waals surface area contributed by atoms with Crippen LogP contribution in [0.3, 0.4) is 0 Å². The highest BCUT2D eigenvalue weighted by Crippen LogP contribution is 2.38. The van der Waals surface area contributed by atoms with Crippen LogP contribution < -0.4 is 0 Å². The van der Waals surface area contributed by atoms with E-state index in [2.05, 4.69) is 4.98 Å². The highest BCUT2D eigenvalue weighted by atomic mass is 16.4. The SMILES string of the molecule is O=C(O)c1c(C(=O)O)c(O)c2ncccc2c1O. The van der Waals surface area contributed by atoms with Crippen LogP contribution in [0, 0.1) is 0 Å². The predicted molar refractivity (Wildman–Crippen MR) is 59.0 cm³/mol. The first-order chi connectivity index (χ1) is 8.45. The molecular formula is C11H7NO6. The lowest BCUT2D eigenvalue weighted by Crippen LogP contribution is -2.09. The Morgan fingerprint density at radius 3 is 2.11 bits per heavy atom. The lowest BCUT2D eigenvalue weighted by atomic mass is 10.0. The summed E-state index contributed by atoms with van der Waals surface area (Å²) in [6.07, 6.45) is 1.29. The van der Waals surface area contributed by atoms with Crippen molar-refractivity contribution in [2.45, 2.75) is 0 Å². The van der Waals surface area contributed by atoms with Gasteiger partial charge in [-0.2, -0.15) is 0 Å². The van der Waals surface area contributed by atoms with Crippen molar-refractivity contribution in [1.82, 2.24) is 4.98 Å². The summed E-state index contributed by atoms with van der Waals surface area (Å²) in [6.45, 7) is 0. The summed E-state index contributed by atoms with van der Waals surface area (Å²) in [7, 11) is 0. The van der Waals surface area contributed by atoms with E-state index in [9.17, 15) is 19.8 Å². The highest BCUT2D eigenvalue weighted by Gasteiger charge is 2.28. The number of carbonyl (C=O) groups is 2. The third-order valence-corrected chi connectivity index (χ3v) is 2.44. The second-order valence-electron chi connectivity index (χ2n) is 3.46. The number of pyridine rings is 1. The van der Waals surface area contributed by atoms with Gasteiger partial charge in [-0.1, -0.05) is 0 Å². The standard InChI is InChI=1S/C11H7NO6/c13-8-4-2-1-3-12-7(4)9(14)6(11(17)18)5(8)10(15)16/h1-3,13-14H,(H,15,16)(H,17,18). The molecule has 0 radical (unpaired) electrons. The smallest absolute Gasteiger partial charge is 0.340 e. The lowest BCUT2D eigenvalue weighted by Gasteiger charge is -2.10. The van der Waals surface area contributed by atoms with Gasteiger partial charge in [0.2, 0.25) is 0 Å². The molecule has 92 valence electrons. The Morgan fingerprint density at radius 2 is 1.56 bits per heavy atom. The first kappa shape index (κ1) is 11.6.